The number of ether oxygens (including phenoxy) is 1. The number of aliphatic hydroxyl groups is 1. The zero-order chi connectivity index (χ0) is 15.0. The molecule has 1 aromatic carbocycles. The summed E-state index contributed by atoms with van der Waals surface area (Å²) in [5, 5.41) is 24.3. The first-order chi connectivity index (χ1) is 10.1. The van der Waals surface area contributed by atoms with E-state index in [0.717, 1.165) is 18.5 Å². The largest absolute Gasteiger partial charge is 0.496 e. The number of hydrogen-bond acceptors (Lipinski definition) is 4. The standard InChI is InChI=1S/C17H22N2O2.ClH/c1-11-13-7-12(9-18)8-17(20,15(13)10-19-11)14-5-3-4-6-16(14)21-2;/h3-6,11-13,15,19-20H,7-8,10H2,1-2H3;1H. The van der Waals surface area contributed by atoms with Crippen LogP contribution in [0.4, 0.5) is 0 Å². The number of nitrogens with one attached hydrogen (secondary N) is 1. The number of rotatable bonds is 2. The van der Waals surface area contributed by atoms with Crippen molar-refractivity contribution in [2.75, 3.05) is 13.7 Å². The molecule has 1 aliphatic heterocycles. The first kappa shape index (κ1) is 17.1. The Balaban J connectivity index is 0.00000176. The number of hydrogen-bond donors (Lipinski definition) is 2. The van der Waals surface area contributed by atoms with Crippen LogP contribution in [0.15, 0.2) is 24.3 Å². The molecule has 0 spiro atoms. The molecule has 5 unspecified atom stereocenters. The zero-order valence-corrected chi connectivity index (χ0v) is 13.8. The van der Waals surface area contributed by atoms with Crippen LogP contribution in [0.5, 0.6) is 5.75 Å². The van der Waals surface area contributed by atoms with Gasteiger partial charge in [0.15, 0.2) is 0 Å². The molecule has 5 heteroatoms. The van der Waals surface area contributed by atoms with Crippen molar-refractivity contribution in [2.24, 2.45) is 17.8 Å². The van der Waals surface area contributed by atoms with E-state index in [0.29, 0.717) is 24.1 Å². The third kappa shape index (κ3) is 2.58. The van der Waals surface area contributed by atoms with Gasteiger partial charge in [0.25, 0.3) is 0 Å². The lowest BCUT2D eigenvalue weighted by Gasteiger charge is -2.44. The van der Waals surface area contributed by atoms with Crippen LogP contribution in [0.2, 0.25) is 0 Å². The Morgan fingerprint density at radius 2 is 2.14 bits per heavy atom. The quantitative estimate of drug-likeness (QED) is 0.878. The third-order valence-electron chi connectivity index (χ3n) is 5.30. The molecule has 2 fully saturated rings. The van der Waals surface area contributed by atoms with Crippen molar-refractivity contribution in [3.63, 3.8) is 0 Å². The van der Waals surface area contributed by atoms with Gasteiger partial charge in [-0.2, -0.15) is 5.26 Å². The van der Waals surface area contributed by atoms with Gasteiger partial charge in [0.2, 0.25) is 0 Å². The van der Waals surface area contributed by atoms with E-state index in [1.807, 2.05) is 24.3 Å². The Morgan fingerprint density at radius 3 is 2.82 bits per heavy atom. The predicted molar refractivity (Wildman–Crippen MR) is 86.9 cm³/mol. The van der Waals surface area contributed by atoms with Gasteiger partial charge in [-0.05, 0) is 31.7 Å². The number of halogens is 1. The molecule has 4 nitrogen and oxygen atoms in total. The summed E-state index contributed by atoms with van der Waals surface area (Å²) in [5.41, 5.74) is -0.174. The van der Waals surface area contributed by atoms with E-state index in [1.165, 1.54) is 0 Å². The Labute approximate surface area is 137 Å². The minimum atomic E-state index is -0.992. The minimum Gasteiger partial charge on any atom is -0.496 e. The predicted octanol–water partition coefficient (Wildman–Crippen LogP) is 2.46. The second kappa shape index (κ2) is 6.45. The van der Waals surface area contributed by atoms with E-state index in [1.54, 1.807) is 7.11 Å². The summed E-state index contributed by atoms with van der Waals surface area (Å²) in [6, 6.07) is 10.3. The van der Waals surface area contributed by atoms with Gasteiger partial charge in [0.05, 0.1) is 18.8 Å². The molecular formula is C17H23ClN2O2. The van der Waals surface area contributed by atoms with Crippen LogP contribution < -0.4 is 10.1 Å². The lowest BCUT2D eigenvalue weighted by molar-refractivity contribution is -0.0789. The van der Waals surface area contributed by atoms with Crippen LogP contribution in [-0.4, -0.2) is 24.8 Å². The molecule has 0 amide bonds. The Hall–Kier alpha value is -1.28. The van der Waals surface area contributed by atoms with Gasteiger partial charge in [-0.3, -0.25) is 0 Å². The van der Waals surface area contributed by atoms with Crippen LogP contribution in [0.25, 0.3) is 0 Å². The van der Waals surface area contributed by atoms with Crippen LogP contribution in [-0.2, 0) is 5.60 Å². The molecule has 5 atom stereocenters. The molecule has 1 heterocycles. The highest BCUT2D eigenvalue weighted by Gasteiger charge is 2.53. The van der Waals surface area contributed by atoms with E-state index in [-0.39, 0.29) is 24.2 Å². The summed E-state index contributed by atoms with van der Waals surface area (Å²) in [5.74, 6) is 1.06. The molecule has 2 N–H and O–H groups in total. The minimum absolute atomic E-state index is 0. The molecule has 1 saturated heterocycles. The van der Waals surface area contributed by atoms with Crippen molar-refractivity contribution in [3.05, 3.63) is 29.8 Å². The summed E-state index contributed by atoms with van der Waals surface area (Å²) in [6.45, 7) is 2.94. The smallest absolute Gasteiger partial charge is 0.124 e. The number of nitriles is 1. The highest BCUT2D eigenvalue weighted by molar-refractivity contribution is 5.85. The first-order valence-corrected chi connectivity index (χ1v) is 7.59. The van der Waals surface area contributed by atoms with E-state index >= 15 is 0 Å². The monoisotopic (exact) mass is 322 g/mol. The van der Waals surface area contributed by atoms with Crippen LogP contribution in [0, 0.1) is 29.1 Å². The van der Waals surface area contributed by atoms with Gasteiger partial charge in [0.1, 0.15) is 5.75 Å². The van der Waals surface area contributed by atoms with Gasteiger partial charge in [-0.25, -0.2) is 0 Å². The van der Waals surface area contributed by atoms with E-state index < -0.39 is 5.60 Å². The molecule has 3 rings (SSSR count). The number of nitrogens with zero attached hydrogens (tertiary/aromatic N) is 1. The number of benzene rings is 1. The fourth-order valence-corrected chi connectivity index (χ4v) is 4.20. The fraction of sp³-hybridized carbons (Fsp3) is 0.588. The van der Waals surface area contributed by atoms with Gasteiger partial charge >= 0.3 is 0 Å². The van der Waals surface area contributed by atoms with Crippen molar-refractivity contribution in [3.8, 4) is 11.8 Å². The first-order valence-electron chi connectivity index (χ1n) is 7.59. The van der Waals surface area contributed by atoms with Crippen molar-refractivity contribution in [1.29, 1.82) is 5.26 Å². The third-order valence-corrected chi connectivity index (χ3v) is 5.30. The Kier molecular flexibility index (Phi) is 5.01. The Bertz CT molecular complexity index is 574. The van der Waals surface area contributed by atoms with Crippen molar-refractivity contribution in [2.45, 2.75) is 31.4 Å². The molecule has 22 heavy (non-hydrogen) atoms. The van der Waals surface area contributed by atoms with E-state index in [4.69, 9.17) is 4.74 Å². The summed E-state index contributed by atoms with van der Waals surface area (Å²) in [4.78, 5) is 0. The van der Waals surface area contributed by atoms with Gasteiger partial charge in [-0.15, -0.1) is 12.4 Å². The second-order valence-electron chi connectivity index (χ2n) is 6.36. The normalized spacial score (nSPS) is 36.8. The molecule has 0 radical (unpaired) electrons. The molecule has 120 valence electrons. The van der Waals surface area contributed by atoms with Crippen LogP contribution >= 0.6 is 12.4 Å². The molecular weight excluding hydrogens is 300 g/mol. The molecule has 1 aromatic rings. The van der Waals surface area contributed by atoms with Gasteiger partial charge in [0, 0.05) is 30.0 Å². The highest BCUT2D eigenvalue weighted by atomic mass is 35.5. The number of para-hydroxylation sites is 1. The summed E-state index contributed by atoms with van der Waals surface area (Å²) < 4.78 is 5.44. The average Bonchev–Trinajstić information content (AvgIpc) is 2.89. The number of fused-ring (bicyclic) bond motifs is 1. The topological polar surface area (TPSA) is 65.3 Å². The van der Waals surface area contributed by atoms with Crippen LogP contribution in [0.1, 0.15) is 25.3 Å². The van der Waals surface area contributed by atoms with Crippen molar-refractivity contribution >= 4 is 12.4 Å². The van der Waals surface area contributed by atoms with Crippen molar-refractivity contribution in [1.82, 2.24) is 5.32 Å². The molecule has 1 saturated carbocycles. The van der Waals surface area contributed by atoms with Crippen LogP contribution in [0.3, 0.4) is 0 Å². The molecule has 1 aliphatic carbocycles. The molecule has 0 bridgehead atoms. The van der Waals surface area contributed by atoms with Crippen molar-refractivity contribution < 1.29 is 9.84 Å². The van der Waals surface area contributed by atoms with E-state index in [9.17, 15) is 10.4 Å². The second-order valence-corrected chi connectivity index (χ2v) is 6.36. The molecule has 2 aliphatic rings. The lowest BCUT2D eigenvalue weighted by atomic mass is 9.63. The Morgan fingerprint density at radius 1 is 1.41 bits per heavy atom. The zero-order valence-electron chi connectivity index (χ0n) is 13.0. The van der Waals surface area contributed by atoms with Gasteiger partial charge < -0.3 is 15.2 Å². The molecule has 0 aromatic heterocycles. The average molecular weight is 323 g/mol. The van der Waals surface area contributed by atoms with Gasteiger partial charge in [-0.1, -0.05) is 18.2 Å². The summed E-state index contributed by atoms with van der Waals surface area (Å²) in [7, 11) is 1.62. The number of methoxy groups -OCH3 is 1. The lowest BCUT2D eigenvalue weighted by Crippen LogP contribution is -2.46. The maximum atomic E-state index is 11.5. The summed E-state index contributed by atoms with van der Waals surface area (Å²) >= 11 is 0. The SMILES string of the molecule is COc1ccccc1C1(O)CC(C#N)CC2C(C)NCC21.Cl. The fourth-order valence-electron chi connectivity index (χ4n) is 4.20. The van der Waals surface area contributed by atoms with E-state index in [2.05, 4.69) is 18.3 Å². The maximum Gasteiger partial charge on any atom is 0.124 e. The maximum absolute atomic E-state index is 11.5. The summed E-state index contributed by atoms with van der Waals surface area (Å²) in [6.07, 6.45) is 1.35. The highest BCUT2D eigenvalue weighted by Crippen LogP contribution is 2.51.